The van der Waals surface area contributed by atoms with Crippen LogP contribution in [0.15, 0.2) is 42.5 Å². The predicted molar refractivity (Wildman–Crippen MR) is 72.4 cm³/mol. The largest absolute Gasteiger partial charge is 0.495 e. The molecule has 0 aliphatic heterocycles. The molecular formula is C14H11ClN2O. The average molecular weight is 259 g/mol. The molecule has 4 heteroatoms. The Kier molecular flexibility index (Phi) is 3.71. The van der Waals surface area contributed by atoms with Gasteiger partial charge in [0.2, 0.25) is 0 Å². The van der Waals surface area contributed by atoms with Crippen molar-refractivity contribution in [3.63, 3.8) is 0 Å². The zero-order chi connectivity index (χ0) is 13.0. The highest BCUT2D eigenvalue weighted by Gasteiger charge is 2.06. The number of para-hydroxylation sites is 1. The van der Waals surface area contributed by atoms with Crippen LogP contribution in [0.4, 0.5) is 11.4 Å². The minimum absolute atomic E-state index is 0.569. The second-order valence-electron chi connectivity index (χ2n) is 3.63. The minimum Gasteiger partial charge on any atom is -0.495 e. The lowest BCUT2D eigenvalue weighted by molar-refractivity contribution is 0.417. The number of halogens is 1. The fourth-order valence-corrected chi connectivity index (χ4v) is 1.78. The van der Waals surface area contributed by atoms with Gasteiger partial charge in [0, 0.05) is 5.02 Å². The standard InChI is InChI=1S/C14H11ClN2O/c1-18-14-7-6-11(15)8-13(14)17-12-5-3-2-4-10(12)9-16/h2-8,17H,1H3. The molecule has 2 aromatic carbocycles. The molecule has 0 heterocycles. The third-order valence-corrected chi connectivity index (χ3v) is 2.71. The molecule has 0 atom stereocenters. The Morgan fingerprint density at radius 2 is 1.94 bits per heavy atom. The number of rotatable bonds is 3. The molecule has 0 aliphatic rings. The van der Waals surface area contributed by atoms with Gasteiger partial charge in [-0.1, -0.05) is 23.7 Å². The van der Waals surface area contributed by atoms with E-state index in [1.54, 1.807) is 31.4 Å². The van der Waals surface area contributed by atoms with Crippen LogP contribution >= 0.6 is 11.6 Å². The molecule has 0 bridgehead atoms. The molecule has 1 N–H and O–H groups in total. The maximum atomic E-state index is 9.03. The van der Waals surface area contributed by atoms with Crippen molar-refractivity contribution in [2.75, 3.05) is 12.4 Å². The molecule has 0 spiro atoms. The topological polar surface area (TPSA) is 45.0 Å². The van der Waals surface area contributed by atoms with Crippen LogP contribution in [0.1, 0.15) is 5.56 Å². The number of benzene rings is 2. The summed E-state index contributed by atoms with van der Waals surface area (Å²) in [5, 5.41) is 12.8. The zero-order valence-electron chi connectivity index (χ0n) is 9.77. The second-order valence-corrected chi connectivity index (χ2v) is 4.06. The van der Waals surface area contributed by atoms with Crippen LogP contribution < -0.4 is 10.1 Å². The summed E-state index contributed by atoms with van der Waals surface area (Å²) in [7, 11) is 1.59. The Morgan fingerprint density at radius 3 is 2.67 bits per heavy atom. The van der Waals surface area contributed by atoms with Crippen LogP contribution in [-0.4, -0.2) is 7.11 Å². The summed E-state index contributed by atoms with van der Waals surface area (Å²) in [6, 6.07) is 14.7. The lowest BCUT2D eigenvalue weighted by Crippen LogP contribution is -1.96. The molecule has 0 saturated heterocycles. The minimum atomic E-state index is 0.569. The highest BCUT2D eigenvalue weighted by atomic mass is 35.5. The number of hydrogen-bond acceptors (Lipinski definition) is 3. The Balaban J connectivity index is 2.40. The van der Waals surface area contributed by atoms with Crippen molar-refractivity contribution in [2.24, 2.45) is 0 Å². The average Bonchev–Trinajstić information content (AvgIpc) is 2.40. The Morgan fingerprint density at radius 1 is 1.17 bits per heavy atom. The molecule has 2 rings (SSSR count). The zero-order valence-corrected chi connectivity index (χ0v) is 10.5. The Hall–Kier alpha value is -2.18. The van der Waals surface area contributed by atoms with Gasteiger partial charge < -0.3 is 10.1 Å². The molecule has 0 saturated carbocycles. The number of ether oxygens (including phenoxy) is 1. The molecule has 90 valence electrons. The summed E-state index contributed by atoms with van der Waals surface area (Å²) in [6.07, 6.45) is 0. The van der Waals surface area contributed by atoms with Crippen molar-refractivity contribution >= 4 is 23.0 Å². The van der Waals surface area contributed by atoms with E-state index in [1.807, 2.05) is 18.2 Å². The van der Waals surface area contributed by atoms with Gasteiger partial charge in [0.1, 0.15) is 11.8 Å². The fourth-order valence-electron chi connectivity index (χ4n) is 1.61. The number of methoxy groups -OCH3 is 1. The first-order chi connectivity index (χ1) is 8.74. The van der Waals surface area contributed by atoms with Crippen molar-refractivity contribution < 1.29 is 4.74 Å². The van der Waals surface area contributed by atoms with E-state index >= 15 is 0 Å². The van der Waals surface area contributed by atoms with Crippen LogP contribution in [0.3, 0.4) is 0 Å². The number of nitrogens with one attached hydrogen (secondary N) is 1. The molecule has 18 heavy (non-hydrogen) atoms. The van der Waals surface area contributed by atoms with Gasteiger partial charge in [0.15, 0.2) is 0 Å². The first kappa shape index (κ1) is 12.3. The summed E-state index contributed by atoms with van der Waals surface area (Å²) in [4.78, 5) is 0. The highest BCUT2D eigenvalue weighted by Crippen LogP contribution is 2.31. The summed E-state index contributed by atoms with van der Waals surface area (Å²) in [5.41, 5.74) is 2.02. The molecular weight excluding hydrogens is 248 g/mol. The summed E-state index contributed by atoms with van der Waals surface area (Å²) in [6.45, 7) is 0. The lowest BCUT2D eigenvalue weighted by atomic mass is 10.2. The summed E-state index contributed by atoms with van der Waals surface area (Å²) < 4.78 is 5.24. The van der Waals surface area contributed by atoms with Gasteiger partial charge in [-0.25, -0.2) is 0 Å². The molecule has 0 aliphatic carbocycles. The van der Waals surface area contributed by atoms with Crippen LogP contribution in [0.2, 0.25) is 5.02 Å². The second kappa shape index (κ2) is 5.44. The van der Waals surface area contributed by atoms with Gasteiger partial charge in [0.05, 0.1) is 24.0 Å². The molecule has 2 aromatic rings. The Labute approximate surface area is 111 Å². The van der Waals surface area contributed by atoms with Gasteiger partial charge >= 0.3 is 0 Å². The van der Waals surface area contributed by atoms with Crippen molar-refractivity contribution in [3.05, 3.63) is 53.1 Å². The van der Waals surface area contributed by atoms with Crippen molar-refractivity contribution in [3.8, 4) is 11.8 Å². The third-order valence-electron chi connectivity index (χ3n) is 2.48. The van der Waals surface area contributed by atoms with Gasteiger partial charge in [-0.15, -0.1) is 0 Å². The first-order valence-corrected chi connectivity index (χ1v) is 5.72. The van der Waals surface area contributed by atoms with Gasteiger partial charge in [-0.3, -0.25) is 0 Å². The fraction of sp³-hybridized carbons (Fsp3) is 0.0714. The van der Waals surface area contributed by atoms with E-state index < -0.39 is 0 Å². The van der Waals surface area contributed by atoms with Crippen molar-refractivity contribution in [1.82, 2.24) is 0 Å². The molecule has 0 fully saturated rings. The number of anilines is 2. The third kappa shape index (κ3) is 2.55. The van der Waals surface area contributed by atoms with Crippen LogP contribution in [0, 0.1) is 11.3 Å². The maximum absolute atomic E-state index is 9.03. The van der Waals surface area contributed by atoms with E-state index in [1.165, 1.54) is 0 Å². The van der Waals surface area contributed by atoms with E-state index in [0.717, 1.165) is 11.4 Å². The van der Waals surface area contributed by atoms with Gasteiger partial charge in [-0.2, -0.15) is 5.26 Å². The van der Waals surface area contributed by atoms with Crippen molar-refractivity contribution in [1.29, 1.82) is 5.26 Å². The quantitative estimate of drug-likeness (QED) is 0.906. The van der Waals surface area contributed by atoms with Crippen molar-refractivity contribution in [2.45, 2.75) is 0 Å². The SMILES string of the molecule is COc1ccc(Cl)cc1Nc1ccccc1C#N. The molecule has 0 radical (unpaired) electrons. The molecule has 0 amide bonds. The van der Waals surface area contributed by atoms with E-state index in [9.17, 15) is 0 Å². The number of hydrogen-bond donors (Lipinski definition) is 1. The Bertz CT molecular complexity index is 605. The molecule has 3 nitrogen and oxygen atoms in total. The monoisotopic (exact) mass is 258 g/mol. The smallest absolute Gasteiger partial charge is 0.142 e. The number of nitrogens with zero attached hydrogens (tertiary/aromatic N) is 1. The normalized spacial score (nSPS) is 9.61. The highest BCUT2D eigenvalue weighted by molar-refractivity contribution is 6.31. The van der Waals surface area contributed by atoms with E-state index in [4.69, 9.17) is 21.6 Å². The first-order valence-electron chi connectivity index (χ1n) is 5.34. The lowest BCUT2D eigenvalue weighted by Gasteiger charge is -2.12. The van der Waals surface area contributed by atoms with Crippen LogP contribution in [-0.2, 0) is 0 Å². The predicted octanol–water partition coefficient (Wildman–Crippen LogP) is 3.96. The molecule has 0 aromatic heterocycles. The summed E-state index contributed by atoms with van der Waals surface area (Å²) in [5.74, 6) is 0.673. The van der Waals surface area contributed by atoms with E-state index in [2.05, 4.69) is 11.4 Å². The van der Waals surface area contributed by atoms with Crippen LogP contribution in [0.25, 0.3) is 0 Å². The maximum Gasteiger partial charge on any atom is 0.142 e. The summed E-state index contributed by atoms with van der Waals surface area (Å²) >= 11 is 5.95. The van der Waals surface area contributed by atoms with E-state index in [0.29, 0.717) is 16.3 Å². The molecule has 0 unspecified atom stereocenters. The van der Waals surface area contributed by atoms with Crippen LogP contribution in [0.5, 0.6) is 5.75 Å². The van der Waals surface area contributed by atoms with Gasteiger partial charge in [0.25, 0.3) is 0 Å². The van der Waals surface area contributed by atoms with Gasteiger partial charge in [-0.05, 0) is 30.3 Å². The van der Waals surface area contributed by atoms with E-state index in [-0.39, 0.29) is 0 Å². The number of nitriles is 1.